The van der Waals surface area contributed by atoms with Crippen molar-refractivity contribution in [1.29, 1.82) is 0 Å². The molecule has 1 amide bonds. The summed E-state index contributed by atoms with van der Waals surface area (Å²) in [6.45, 7) is 0. The van der Waals surface area contributed by atoms with Gasteiger partial charge in [-0.3, -0.25) is 4.79 Å². The van der Waals surface area contributed by atoms with Gasteiger partial charge in [-0.05, 0) is 53.6 Å². The number of H-pyrrole nitrogens is 1. The van der Waals surface area contributed by atoms with Crippen molar-refractivity contribution in [3.63, 3.8) is 0 Å². The Morgan fingerprint density at radius 1 is 0.892 bits per heavy atom. The minimum Gasteiger partial charge on any atom is -0.478 e. The molecule has 3 aromatic carbocycles. The van der Waals surface area contributed by atoms with E-state index in [0.717, 1.165) is 0 Å². The summed E-state index contributed by atoms with van der Waals surface area (Å²) in [4.78, 5) is 28.0. The number of benzene rings is 3. The molecule has 0 saturated carbocycles. The van der Waals surface area contributed by atoms with Crippen LogP contribution in [-0.2, 0) is 4.79 Å². The summed E-state index contributed by atoms with van der Waals surface area (Å²) < 4.78 is 6.18. The first-order chi connectivity index (χ1) is 17.5. The maximum absolute atomic E-state index is 13.0. The lowest BCUT2D eigenvalue weighted by Crippen LogP contribution is -2.27. The third-order valence-electron chi connectivity index (χ3n) is 6.16. The number of furan rings is 1. The minimum absolute atomic E-state index is 0.0305. The fourth-order valence-electron chi connectivity index (χ4n) is 4.62. The fraction of sp³-hybridized carbons (Fsp3) is 0.0769. The van der Waals surface area contributed by atoms with Crippen molar-refractivity contribution < 1.29 is 19.1 Å². The molecule has 0 bridgehead atoms. The Balaban J connectivity index is 1.83. The molecule has 2 atom stereocenters. The normalized spacial score (nSPS) is 13.2. The Morgan fingerprint density at radius 3 is 2.30 bits per heavy atom. The molecule has 0 spiro atoms. The molecule has 0 radical (unpaired) electrons. The van der Waals surface area contributed by atoms with Crippen LogP contribution >= 0.6 is 58.0 Å². The van der Waals surface area contributed by atoms with Crippen LogP contribution < -0.4 is 5.73 Å². The van der Waals surface area contributed by atoms with Gasteiger partial charge in [0.25, 0.3) is 0 Å². The topological polar surface area (TPSA) is 109 Å². The standard InChI is InChI=1S/C26H15Cl5N2O4/c27-12-3-11-5-20(37-24(11)19(31)8-12)22(21(25(32)34)10-1-2-17(29)18(30)4-10)16-9-33-23-14(16)6-13(28)7-15(23)26(35)36/h1-9,21-22,33H,(H2,32,34)(H,35,36). The minimum atomic E-state index is -1.17. The highest BCUT2D eigenvalue weighted by Gasteiger charge is 2.36. The Labute approximate surface area is 234 Å². The Bertz CT molecular complexity index is 1730. The number of carbonyl (C=O) groups is 2. The van der Waals surface area contributed by atoms with Gasteiger partial charge in [0.2, 0.25) is 5.91 Å². The number of carboxylic acids is 1. The highest BCUT2D eigenvalue weighted by molar-refractivity contribution is 6.42. The van der Waals surface area contributed by atoms with Crippen LogP contribution in [0.1, 0.15) is 39.1 Å². The van der Waals surface area contributed by atoms with Crippen LogP contribution in [0, 0.1) is 0 Å². The monoisotopic (exact) mass is 594 g/mol. The lowest BCUT2D eigenvalue weighted by molar-refractivity contribution is -0.119. The Hall–Kier alpha value is -2.87. The molecule has 2 unspecified atom stereocenters. The van der Waals surface area contributed by atoms with Gasteiger partial charge in [-0.1, -0.05) is 64.1 Å². The van der Waals surface area contributed by atoms with Crippen LogP contribution in [0.15, 0.2) is 59.1 Å². The molecule has 188 valence electrons. The lowest BCUT2D eigenvalue weighted by Gasteiger charge is -2.24. The number of aromatic amines is 1. The number of hydrogen-bond donors (Lipinski definition) is 3. The van der Waals surface area contributed by atoms with E-state index in [-0.39, 0.29) is 20.6 Å². The van der Waals surface area contributed by atoms with E-state index < -0.39 is 23.7 Å². The van der Waals surface area contributed by atoms with E-state index in [1.807, 2.05) is 0 Å². The smallest absolute Gasteiger partial charge is 0.337 e. The predicted octanol–water partition coefficient (Wildman–Crippen LogP) is 8.28. The van der Waals surface area contributed by atoms with E-state index >= 15 is 0 Å². The number of fused-ring (bicyclic) bond motifs is 2. The van der Waals surface area contributed by atoms with Gasteiger partial charge >= 0.3 is 5.97 Å². The first-order valence-corrected chi connectivity index (χ1v) is 12.6. The van der Waals surface area contributed by atoms with Gasteiger partial charge in [0.1, 0.15) is 5.76 Å². The summed E-state index contributed by atoms with van der Waals surface area (Å²) in [6, 6.07) is 12.7. The molecule has 11 heteroatoms. The molecular formula is C26H15Cl5N2O4. The van der Waals surface area contributed by atoms with E-state index in [1.54, 1.807) is 48.7 Å². The van der Waals surface area contributed by atoms with Gasteiger partial charge in [-0.15, -0.1) is 0 Å². The van der Waals surface area contributed by atoms with E-state index in [9.17, 15) is 14.7 Å². The predicted molar refractivity (Wildman–Crippen MR) is 147 cm³/mol. The van der Waals surface area contributed by atoms with Crippen molar-refractivity contribution in [1.82, 2.24) is 4.98 Å². The number of hydrogen-bond acceptors (Lipinski definition) is 3. The number of nitrogens with one attached hydrogen (secondary N) is 1. The Morgan fingerprint density at radius 2 is 1.62 bits per heavy atom. The van der Waals surface area contributed by atoms with Crippen LogP contribution in [-0.4, -0.2) is 22.0 Å². The van der Waals surface area contributed by atoms with Crippen molar-refractivity contribution in [2.75, 3.05) is 0 Å². The molecule has 0 fully saturated rings. The molecule has 2 aromatic heterocycles. The average molecular weight is 597 g/mol. The van der Waals surface area contributed by atoms with Crippen LogP contribution in [0.4, 0.5) is 0 Å². The van der Waals surface area contributed by atoms with E-state index in [4.69, 9.17) is 68.2 Å². The number of carbonyl (C=O) groups excluding carboxylic acids is 1. The summed E-state index contributed by atoms with van der Waals surface area (Å²) in [6.07, 6.45) is 1.60. The van der Waals surface area contributed by atoms with Crippen molar-refractivity contribution >= 4 is 91.8 Å². The largest absolute Gasteiger partial charge is 0.478 e. The molecule has 37 heavy (non-hydrogen) atoms. The Kier molecular flexibility index (Phi) is 6.81. The first-order valence-electron chi connectivity index (χ1n) is 10.7. The molecule has 0 saturated heterocycles. The molecule has 0 aliphatic rings. The van der Waals surface area contributed by atoms with E-state index in [1.165, 1.54) is 6.07 Å². The molecule has 4 N–H and O–H groups in total. The lowest BCUT2D eigenvalue weighted by atomic mass is 9.79. The number of rotatable bonds is 6. The maximum Gasteiger partial charge on any atom is 0.337 e. The highest BCUT2D eigenvalue weighted by Crippen LogP contribution is 2.45. The van der Waals surface area contributed by atoms with Crippen LogP contribution in [0.2, 0.25) is 25.1 Å². The van der Waals surface area contributed by atoms with Crippen LogP contribution in [0.5, 0.6) is 0 Å². The van der Waals surface area contributed by atoms with Crippen molar-refractivity contribution in [2.45, 2.75) is 11.8 Å². The van der Waals surface area contributed by atoms with Gasteiger partial charge in [-0.25, -0.2) is 4.79 Å². The summed E-state index contributed by atoms with van der Waals surface area (Å²) in [5.74, 6) is -3.35. The van der Waals surface area contributed by atoms with Crippen molar-refractivity contribution in [3.8, 4) is 0 Å². The molecule has 2 heterocycles. The number of aromatic carboxylic acids is 1. The third-order valence-corrected chi connectivity index (χ3v) is 7.61. The summed E-state index contributed by atoms with van der Waals surface area (Å²) in [5.41, 5.74) is 7.63. The fourth-order valence-corrected chi connectivity index (χ4v) is 5.69. The number of aromatic nitrogens is 1. The molecular weight excluding hydrogens is 582 g/mol. The first kappa shape index (κ1) is 25.8. The molecule has 5 rings (SSSR count). The number of carboxylic acid groups (broad SMARTS) is 1. The summed E-state index contributed by atoms with van der Waals surface area (Å²) in [7, 11) is 0. The summed E-state index contributed by atoms with van der Waals surface area (Å²) in [5, 5.41) is 12.3. The van der Waals surface area contributed by atoms with Gasteiger partial charge in [0.15, 0.2) is 5.58 Å². The number of primary amides is 1. The van der Waals surface area contributed by atoms with E-state index in [2.05, 4.69) is 4.98 Å². The molecule has 5 aromatic rings. The van der Waals surface area contributed by atoms with Gasteiger partial charge in [0.05, 0.1) is 38.0 Å². The third kappa shape index (κ3) is 4.65. The highest BCUT2D eigenvalue weighted by atomic mass is 35.5. The SMILES string of the molecule is NC(=O)C(c1ccc(Cl)c(Cl)c1)C(c1cc2cc(Cl)cc(Cl)c2o1)c1c[nH]c2c(C(=O)O)cc(Cl)cc12. The maximum atomic E-state index is 13.0. The second kappa shape index (κ2) is 9.78. The van der Waals surface area contributed by atoms with Crippen LogP contribution in [0.3, 0.4) is 0 Å². The zero-order valence-electron chi connectivity index (χ0n) is 18.5. The zero-order valence-corrected chi connectivity index (χ0v) is 22.3. The molecule has 6 nitrogen and oxygen atoms in total. The zero-order chi connectivity index (χ0) is 26.6. The number of halogens is 5. The van der Waals surface area contributed by atoms with Gasteiger partial charge in [-0.2, -0.15) is 0 Å². The number of nitrogens with two attached hydrogens (primary N) is 1. The quantitative estimate of drug-likeness (QED) is 0.183. The summed E-state index contributed by atoms with van der Waals surface area (Å²) >= 11 is 31.3. The van der Waals surface area contributed by atoms with Crippen molar-refractivity contribution in [2.24, 2.45) is 5.73 Å². The number of amides is 1. The molecule has 0 aliphatic carbocycles. The van der Waals surface area contributed by atoms with Crippen molar-refractivity contribution in [3.05, 3.63) is 102 Å². The molecule has 0 aliphatic heterocycles. The van der Waals surface area contributed by atoms with Gasteiger partial charge < -0.3 is 20.2 Å². The average Bonchev–Trinajstić information content (AvgIpc) is 3.43. The van der Waals surface area contributed by atoms with Gasteiger partial charge in [0, 0.05) is 27.0 Å². The van der Waals surface area contributed by atoms with E-state index in [0.29, 0.717) is 48.8 Å². The second-order valence-corrected chi connectivity index (χ2v) is 10.5. The van der Waals surface area contributed by atoms with Crippen LogP contribution in [0.25, 0.3) is 21.9 Å². The second-order valence-electron chi connectivity index (χ2n) is 8.41.